The molecule has 4 nitrogen and oxygen atoms in total. The summed E-state index contributed by atoms with van der Waals surface area (Å²) in [5.74, 6) is -0.936. The number of carboxylic acids is 1. The predicted octanol–water partition coefficient (Wildman–Crippen LogP) is 0.147. The van der Waals surface area contributed by atoms with Crippen molar-refractivity contribution < 1.29 is 15.0 Å². The van der Waals surface area contributed by atoms with Crippen molar-refractivity contribution in [2.75, 3.05) is 0 Å². The third kappa shape index (κ3) is 2.76. The number of rotatable bonds is 3. The van der Waals surface area contributed by atoms with Crippen LogP contribution in [-0.4, -0.2) is 22.2 Å². The Balaban J connectivity index is 2.64. The minimum absolute atomic E-state index is 0.104. The van der Waals surface area contributed by atoms with Gasteiger partial charge in [0.15, 0.2) is 0 Å². The van der Waals surface area contributed by atoms with Crippen LogP contribution in [0.25, 0.3) is 0 Å². The largest absolute Gasteiger partial charge is 0.508 e. The Bertz CT molecular complexity index is 294. The third-order valence-electron chi connectivity index (χ3n) is 1.62. The molecular formula is C9H10NO3. The molecule has 0 saturated heterocycles. The molecule has 0 spiro atoms. The maximum Gasteiger partial charge on any atom is 0.320 e. The van der Waals surface area contributed by atoms with E-state index in [0.29, 0.717) is 5.56 Å². The van der Waals surface area contributed by atoms with Crippen LogP contribution in [0.15, 0.2) is 18.2 Å². The molecular weight excluding hydrogens is 170 g/mol. The number of hydrogen-bond acceptors (Lipinski definition) is 3. The average Bonchev–Trinajstić information content (AvgIpc) is 2.08. The standard InChI is InChI=1S/C9H10NO3/c10-8(9(12)13)5-6-1-3-7(11)4-2-6/h1,3-4,8,11H,5,10H2,(H,12,13). The summed E-state index contributed by atoms with van der Waals surface area (Å²) in [7, 11) is 0. The van der Waals surface area contributed by atoms with Gasteiger partial charge in [-0.3, -0.25) is 4.79 Å². The lowest BCUT2D eigenvalue weighted by molar-refractivity contribution is -0.138. The SMILES string of the molecule is NC(Cc1[c]cc(O)cc1)C(=O)O. The summed E-state index contributed by atoms with van der Waals surface area (Å²) >= 11 is 0. The van der Waals surface area contributed by atoms with E-state index >= 15 is 0 Å². The van der Waals surface area contributed by atoms with Gasteiger partial charge in [0.05, 0.1) is 0 Å². The van der Waals surface area contributed by atoms with Gasteiger partial charge in [0.25, 0.3) is 0 Å². The number of benzene rings is 1. The quantitative estimate of drug-likeness (QED) is 0.618. The number of carbonyl (C=O) groups is 1. The van der Waals surface area contributed by atoms with Crippen LogP contribution >= 0.6 is 0 Å². The van der Waals surface area contributed by atoms with Gasteiger partial charge in [-0.1, -0.05) is 6.07 Å². The van der Waals surface area contributed by atoms with E-state index < -0.39 is 12.0 Å². The maximum atomic E-state index is 10.4. The van der Waals surface area contributed by atoms with Gasteiger partial charge in [0.1, 0.15) is 11.8 Å². The van der Waals surface area contributed by atoms with E-state index in [1.54, 1.807) is 6.07 Å². The van der Waals surface area contributed by atoms with E-state index in [-0.39, 0.29) is 12.2 Å². The van der Waals surface area contributed by atoms with E-state index in [1.165, 1.54) is 12.1 Å². The zero-order chi connectivity index (χ0) is 9.84. The molecule has 0 bridgehead atoms. The van der Waals surface area contributed by atoms with Gasteiger partial charge in [-0.15, -0.1) is 0 Å². The van der Waals surface area contributed by atoms with Crippen molar-refractivity contribution in [3.8, 4) is 5.75 Å². The summed E-state index contributed by atoms with van der Waals surface area (Å²) in [6.07, 6.45) is 0.218. The first-order valence-corrected chi connectivity index (χ1v) is 3.77. The minimum Gasteiger partial charge on any atom is -0.508 e. The summed E-state index contributed by atoms with van der Waals surface area (Å²) in [6, 6.07) is 6.26. The van der Waals surface area contributed by atoms with Crippen molar-refractivity contribution >= 4 is 5.97 Å². The first-order valence-electron chi connectivity index (χ1n) is 3.77. The van der Waals surface area contributed by atoms with Gasteiger partial charge in [-0.2, -0.15) is 0 Å². The van der Waals surface area contributed by atoms with Gasteiger partial charge in [-0.05, 0) is 30.2 Å². The lowest BCUT2D eigenvalue weighted by Gasteiger charge is -2.05. The fourth-order valence-corrected chi connectivity index (χ4v) is 0.900. The molecule has 0 aliphatic carbocycles. The monoisotopic (exact) mass is 180 g/mol. The Morgan fingerprint density at radius 2 is 2.31 bits per heavy atom. The number of phenols is 1. The minimum atomic E-state index is -1.04. The molecule has 1 radical (unpaired) electrons. The molecule has 0 heterocycles. The molecule has 1 aromatic carbocycles. The van der Waals surface area contributed by atoms with Crippen molar-refractivity contribution in [1.29, 1.82) is 0 Å². The van der Waals surface area contributed by atoms with Crippen molar-refractivity contribution in [1.82, 2.24) is 0 Å². The predicted molar refractivity (Wildman–Crippen MR) is 46.3 cm³/mol. The Morgan fingerprint density at radius 3 is 2.77 bits per heavy atom. The molecule has 4 heteroatoms. The Hall–Kier alpha value is -1.55. The number of aromatic hydroxyl groups is 1. The summed E-state index contributed by atoms with van der Waals surface area (Å²) in [5.41, 5.74) is 5.98. The molecule has 13 heavy (non-hydrogen) atoms. The number of hydrogen-bond donors (Lipinski definition) is 3. The van der Waals surface area contributed by atoms with Crippen LogP contribution in [0.2, 0.25) is 0 Å². The van der Waals surface area contributed by atoms with Crippen LogP contribution in [0.3, 0.4) is 0 Å². The summed E-state index contributed by atoms with van der Waals surface area (Å²) in [4.78, 5) is 10.4. The van der Waals surface area contributed by atoms with Gasteiger partial charge in [0.2, 0.25) is 0 Å². The topological polar surface area (TPSA) is 83.5 Å². The van der Waals surface area contributed by atoms with Crippen LogP contribution in [0.1, 0.15) is 5.56 Å². The van der Waals surface area contributed by atoms with Crippen molar-refractivity contribution in [3.05, 3.63) is 29.8 Å². The van der Waals surface area contributed by atoms with Crippen molar-refractivity contribution in [2.45, 2.75) is 12.5 Å². The van der Waals surface area contributed by atoms with Crippen LogP contribution in [0.5, 0.6) is 5.75 Å². The molecule has 1 atom stereocenters. The zero-order valence-corrected chi connectivity index (χ0v) is 6.90. The number of aliphatic carboxylic acids is 1. The van der Waals surface area contributed by atoms with Crippen LogP contribution < -0.4 is 5.73 Å². The number of nitrogens with two attached hydrogens (primary N) is 1. The Labute approximate surface area is 75.6 Å². The van der Waals surface area contributed by atoms with E-state index in [9.17, 15) is 4.79 Å². The first-order chi connectivity index (χ1) is 6.09. The fourth-order valence-electron chi connectivity index (χ4n) is 0.900. The molecule has 1 aromatic rings. The van der Waals surface area contributed by atoms with Crippen LogP contribution in [-0.2, 0) is 11.2 Å². The number of phenolic OH excluding ortho intramolecular Hbond substituents is 1. The lowest BCUT2D eigenvalue weighted by atomic mass is 10.1. The highest BCUT2D eigenvalue weighted by Crippen LogP contribution is 2.09. The van der Waals surface area contributed by atoms with Gasteiger partial charge >= 0.3 is 5.97 Å². The molecule has 69 valence electrons. The summed E-state index contributed by atoms with van der Waals surface area (Å²) in [6.45, 7) is 0. The first kappa shape index (κ1) is 9.54. The molecule has 4 N–H and O–H groups in total. The van der Waals surface area contributed by atoms with E-state index in [0.717, 1.165) is 0 Å². The lowest BCUT2D eigenvalue weighted by Crippen LogP contribution is -2.32. The second-order valence-electron chi connectivity index (χ2n) is 2.72. The highest BCUT2D eigenvalue weighted by Gasteiger charge is 2.11. The van der Waals surface area contributed by atoms with Gasteiger partial charge in [-0.25, -0.2) is 0 Å². The van der Waals surface area contributed by atoms with Crippen molar-refractivity contribution in [3.63, 3.8) is 0 Å². The molecule has 0 amide bonds. The molecule has 0 fully saturated rings. The maximum absolute atomic E-state index is 10.4. The van der Waals surface area contributed by atoms with Crippen molar-refractivity contribution in [2.24, 2.45) is 5.73 Å². The molecule has 0 aliphatic rings. The van der Waals surface area contributed by atoms with Gasteiger partial charge < -0.3 is 15.9 Å². The molecule has 0 saturated carbocycles. The van der Waals surface area contributed by atoms with Crippen LogP contribution in [0, 0.1) is 6.07 Å². The highest BCUT2D eigenvalue weighted by molar-refractivity contribution is 5.73. The zero-order valence-electron chi connectivity index (χ0n) is 6.90. The molecule has 1 unspecified atom stereocenters. The smallest absolute Gasteiger partial charge is 0.320 e. The summed E-state index contributed by atoms with van der Waals surface area (Å²) < 4.78 is 0. The summed E-state index contributed by atoms with van der Waals surface area (Å²) in [5, 5.41) is 17.4. The molecule has 1 rings (SSSR count). The van der Waals surface area contributed by atoms with E-state index in [4.69, 9.17) is 15.9 Å². The fraction of sp³-hybridized carbons (Fsp3) is 0.222. The molecule has 0 aliphatic heterocycles. The average molecular weight is 180 g/mol. The second kappa shape index (κ2) is 3.91. The number of carboxylic acid groups (broad SMARTS) is 1. The van der Waals surface area contributed by atoms with Gasteiger partial charge in [0, 0.05) is 0 Å². The Morgan fingerprint density at radius 1 is 1.62 bits per heavy atom. The van der Waals surface area contributed by atoms with E-state index in [1.807, 2.05) is 0 Å². The Kier molecular flexibility index (Phi) is 2.87. The van der Waals surface area contributed by atoms with Crippen LogP contribution in [0.4, 0.5) is 0 Å². The normalized spacial score (nSPS) is 12.4. The third-order valence-corrected chi connectivity index (χ3v) is 1.62. The molecule has 0 aromatic heterocycles. The highest BCUT2D eigenvalue weighted by atomic mass is 16.4. The van der Waals surface area contributed by atoms with E-state index in [2.05, 4.69) is 6.07 Å². The second-order valence-corrected chi connectivity index (χ2v) is 2.72.